The fourth-order valence-electron chi connectivity index (χ4n) is 1.47. The van der Waals surface area contributed by atoms with Gasteiger partial charge in [0.15, 0.2) is 11.4 Å². The van der Waals surface area contributed by atoms with E-state index in [-0.39, 0.29) is 5.78 Å². The van der Waals surface area contributed by atoms with Gasteiger partial charge in [-0.3, -0.25) is 14.2 Å². The first kappa shape index (κ1) is 10.6. The van der Waals surface area contributed by atoms with E-state index >= 15 is 0 Å². The average molecular weight is 220 g/mol. The summed E-state index contributed by atoms with van der Waals surface area (Å²) in [5, 5.41) is 0. The maximum Gasteiger partial charge on any atom is 0.218 e. The number of ether oxygens (including phenoxy) is 1. The monoisotopic (exact) mass is 220 g/mol. The molecule has 2 aromatic rings. The summed E-state index contributed by atoms with van der Waals surface area (Å²) in [6.45, 7) is 1.63. The zero-order valence-corrected chi connectivity index (χ0v) is 9.04. The Bertz CT molecular complexity index is 533. The van der Waals surface area contributed by atoms with Gasteiger partial charge in [-0.25, -0.2) is 4.98 Å². The van der Waals surface area contributed by atoms with Crippen LogP contribution in [0.5, 0.6) is 5.88 Å². The molecule has 2 aromatic heterocycles. The molecule has 0 saturated carbocycles. The minimum absolute atomic E-state index is 0.183. The quantitative estimate of drug-likeness (QED) is 0.750. The first-order chi connectivity index (χ1) is 7.65. The van der Waals surface area contributed by atoms with E-state index in [1.807, 2.05) is 0 Å². The molecule has 1 unspecified atom stereocenters. The number of hydrogen-bond donors (Lipinski definition) is 1. The second kappa shape index (κ2) is 3.90. The Balaban J connectivity index is 2.67. The van der Waals surface area contributed by atoms with Crippen LogP contribution < -0.4 is 10.5 Å². The highest BCUT2D eigenvalue weighted by atomic mass is 16.5. The number of rotatable bonds is 3. The van der Waals surface area contributed by atoms with E-state index in [1.54, 1.807) is 17.5 Å². The molecule has 0 aliphatic heterocycles. The smallest absolute Gasteiger partial charge is 0.218 e. The lowest BCUT2D eigenvalue weighted by molar-refractivity contribution is 0.0961. The van der Waals surface area contributed by atoms with Gasteiger partial charge in [0, 0.05) is 0 Å². The van der Waals surface area contributed by atoms with Gasteiger partial charge in [-0.1, -0.05) is 0 Å². The summed E-state index contributed by atoms with van der Waals surface area (Å²) in [6.07, 6.45) is 4.55. The lowest BCUT2D eigenvalue weighted by atomic mass is 10.2. The van der Waals surface area contributed by atoms with E-state index < -0.39 is 6.04 Å². The van der Waals surface area contributed by atoms with Gasteiger partial charge in [-0.05, 0) is 6.92 Å². The van der Waals surface area contributed by atoms with Crippen molar-refractivity contribution in [3.63, 3.8) is 0 Å². The van der Waals surface area contributed by atoms with E-state index in [1.165, 1.54) is 19.5 Å². The normalized spacial score (nSPS) is 12.7. The maximum absolute atomic E-state index is 11.8. The molecule has 0 amide bonds. The Morgan fingerprint density at radius 1 is 1.50 bits per heavy atom. The zero-order chi connectivity index (χ0) is 11.7. The Morgan fingerprint density at radius 2 is 2.25 bits per heavy atom. The van der Waals surface area contributed by atoms with Gasteiger partial charge in [-0.2, -0.15) is 0 Å². The van der Waals surface area contributed by atoms with E-state index in [0.29, 0.717) is 17.2 Å². The average Bonchev–Trinajstić information content (AvgIpc) is 2.71. The molecule has 0 bridgehead atoms. The van der Waals surface area contributed by atoms with Crippen LogP contribution >= 0.6 is 0 Å². The van der Waals surface area contributed by atoms with Crippen LogP contribution in [0.1, 0.15) is 17.4 Å². The van der Waals surface area contributed by atoms with Crippen molar-refractivity contribution < 1.29 is 9.53 Å². The zero-order valence-electron chi connectivity index (χ0n) is 9.04. The third-order valence-corrected chi connectivity index (χ3v) is 2.26. The Labute approximate surface area is 92.1 Å². The molecule has 1 atom stereocenters. The molecule has 84 valence electrons. The standard InChI is InChI=1S/C10H12N4O2/c1-6(11)10(15)7-3-13-8-4-12-5-9(16-2)14(7)8/h3-6H,11H2,1-2H3. The molecule has 0 radical (unpaired) electrons. The Kier molecular flexibility index (Phi) is 2.57. The molecule has 0 fully saturated rings. The molecular formula is C10H12N4O2. The van der Waals surface area contributed by atoms with Crippen LogP contribution in [0.15, 0.2) is 18.6 Å². The van der Waals surface area contributed by atoms with Crippen LogP contribution in [-0.2, 0) is 0 Å². The van der Waals surface area contributed by atoms with Crippen molar-refractivity contribution in [2.45, 2.75) is 13.0 Å². The largest absolute Gasteiger partial charge is 0.481 e. The van der Waals surface area contributed by atoms with Gasteiger partial charge in [0.25, 0.3) is 0 Å². The predicted octanol–water partition coefficient (Wildman–Crippen LogP) is 0.268. The molecule has 2 rings (SSSR count). The summed E-state index contributed by atoms with van der Waals surface area (Å²) in [5.74, 6) is 0.274. The van der Waals surface area contributed by atoms with Gasteiger partial charge in [0.1, 0.15) is 5.69 Å². The molecule has 0 saturated heterocycles. The lowest BCUT2D eigenvalue weighted by Crippen LogP contribution is -2.27. The van der Waals surface area contributed by atoms with E-state index in [0.717, 1.165) is 0 Å². The number of Topliss-reactive ketones (excluding diaryl/α,β-unsaturated/α-hetero) is 1. The Hall–Kier alpha value is -1.95. The van der Waals surface area contributed by atoms with Gasteiger partial charge in [0.2, 0.25) is 5.88 Å². The minimum Gasteiger partial charge on any atom is -0.481 e. The number of methoxy groups -OCH3 is 1. The first-order valence-corrected chi connectivity index (χ1v) is 4.80. The van der Waals surface area contributed by atoms with Crippen molar-refractivity contribution in [3.8, 4) is 5.88 Å². The summed E-state index contributed by atoms with van der Waals surface area (Å²) in [6, 6.07) is -0.572. The number of carbonyl (C=O) groups is 1. The van der Waals surface area contributed by atoms with Crippen molar-refractivity contribution in [1.29, 1.82) is 0 Å². The molecule has 6 heteroatoms. The fourth-order valence-corrected chi connectivity index (χ4v) is 1.47. The number of nitrogens with two attached hydrogens (primary N) is 1. The number of aromatic nitrogens is 3. The van der Waals surface area contributed by atoms with Gasteiger partial charge in [-0.15, -0.1) is 0 Å². The molecular weight excluding hydrogens is 208 g/mol. The molecule has 16 heavy (non-hydrogen) atoms. The van der Waals surface area contributed by atoms with Crippen molar-refractivity contribution in [2.75, 3.05) is 7.11 Å². The Morgan fingerprint density at radius 3 is 2.88 bits per heavy atom. The molecule has 2 N–H and O–H groups in total. The number of imidazole rings is 1. The number of fused-ring (bicyclic) bond motifs is 1. The number of carbonyl (C=O) groups excluding carboxylic acids is 1. The van der Waals surface area contributed by atoms with E-state index in [2.05, 4.69) is 9.97 Å². The van der Waals surface area contributed by atoms with Crippen LogP contribution in [0, 0.1) is 0 Å². The molecule has 0 aliphatic rings. The predicted molar refractivity (Wildman–Crippen MR) is 57.5 cm³/mol. The highest BCUT2D eigenvalue weighted by molar-refractivity contribution is 5.98. The summed E-state index contributed by atoms with van der Waals surface area (Å²) in [4.78, 5) is 19.9. The third-order valence-electron chi connectivity index (χ3n) is 2.26. The molecule has 6 nitrogen and oxygen atoms in total. The van der Waals surface area contributed by atoms with Crippen LogP contribution in [0.4, 0.5) is 0 Å². The van der Waals surface area contributed by atoms with Crippen molar-refractivity contribution in [2.24, 2.45) is 5.73 Å². The molecule has 0 spiro atoms. The van der Waals surface area contributed by atoms with Crippen LogP contribution in [0.2, 0.25) is 0 Å². The van der Waals surface area contributed by atoms with Crippen LogP contribution in [0.3, 0.4) is 0 Å². The maximum atomic E-state index is 11.8. The van der Waals surface area contributed by atoms with Crippen molar-refractivity contribution in [3.05, 3.63) is 24.3 Å². The second-order valence-electron chi connectivity index (χ2n) is 3.44. The third kappa shape index (κ3) is 1.53. The van der Waals surface area contributed by atoms with Crippen LogP contribution in [0.25, 0.3) is 5.65 Å². The van der Waals surface area contributed by atoms with Gasteiger partial charge < -0.3 is 10.5 Å². The topological polar surface area (TPSA) is 82.5 Å². The van der Waals surface area contributed by atoms with Crippen molar-refractivity contribution >= 4 is 11.4 Å². The first-order valence-electron chi connectivity index (χ1n) is 4.80. The summed E-state index contributed by atoms with van der Waals surface area (Å²) in [5.41, 5.74) is 6.53. The van der Waals surface area contributed by atoms with E-state index in [9.17, 15) is 4.79 Å². The van der Waals surface area contributed by atoms with E-state index in [4.69, 9.17) is 10.5 Å². The van der Waals surface area contributed by atoms with Crippen LogP contribution in [-0.4, -0.2) is 33.3 Å². The molecule has 0 aromatic carbocycles. The summed E-state index contributed by atoms with van der Waals surface area (Å²) >= 11 is 0. The number of nitrogens with zero attached hydrogens (tertiary/aromatic N) is 3. The minimum atomic E-state index is -0.572. The molecule has 0 aliphatic carbocycles. The van der Waals surface area contributed by atoms with Crippen molar-refractivity contribution in [1.82, 2.24) is 14.4 Å². The van der Waals surface area contributed by atoms with Gasteiger partial charge in [0.05, 0.1) is 31.7 Å². The lowest BCUT2D eigenvalue weighted by Gasteiger charge is -2.07. The van der Waals surface area contributed by atoms with Gasteiger partial charge >= 0.3 is 0 Å². The highest BCUT2D eigenvalue weighted by Gasteiger charge is 2.18. The number of hydrogen-bond acceptors (Lipinski definition) is 5. The number of ketones is 1. The molecule has 2 heterocycles. The highest BCUT2D eigenvalue weighted by Crippen LogP contribution is 2.16. The fraction of sp³-hybridized carbons (Fsp3) is 0.300. The second-order valence-corrected chi connectivity index (χ2v) is 3.44. The summed E-state index contributed by atoms with van der Waals surface area (Å²) in [7, 11) is 1.51. The SMILES string of the molecule is COc1cncc2ncc(C(=O)C(C)N)n12. The summed E-state index contributed by atoms with van der Waals surface area (Å²) < 4.78 is 6.72.